The maximum absolute atomic E-state index is 11.9. The van der Waals surface area contributed by atoms with Crippen LogP contribution in [0.1, 0.15) is 71.1 Å². The predicted molar refractivity (Wildman–Crippen MR) is 171 cm³/mol. The molecule has 2 N–H and O–H groups in total. The Bertz CT molecular complexity index is 1220. The van der Waals surface area contributed by atoms with Crippen LogP contribution < -0.4 is 10.6 Å². The van der Waals surface area contributed by atoms with Crippen molar-refractivity contribution in [1.29, 1.82) is 0 Å². The zero-order valence-corrected chi connectivity index (χ0v) is 29.9. The number of sulfone groups is 2. The Morgan fingerprint density at radius 1 is 0.698 bits per heavy atom. The molecular formula is C28H46N2NaO9S3. The number of carbonyl (C=O) groups is 2. The van der Waals surface area contributed by atoms with E-state index in [9.17, 15) is 34.8 Å². The molecule has 15 heteroatoms. The summed E-state index contributed by atoms with van der Waals surface area (Å²) >= 11 is 0. The molecular weight excluding hydrogens is 628 g/mol. The predicted octanol–water partition coefficient (Wildman–Crippen LogP) is 3.27. The van der Waals surface area contributed by atoms with E-state index in [2.05, 4.69) is 30.7 Å². The third-order valence-corrected chi connectivity index (χ3v) is 9.38. The first-order valence-electron chi connectivity index (χ1n) is 14.0. The zero-order chi connectivity index (χ0) is 31.9. The van der Waals surface area contributed by atoms with Gasteiger partial charge in [0.25, 0.3) is 10.1 Å². The summed E-state index contributed by atoms with van der Waals surface area (Å²) in [6, 6.07) is 8.33. The Morgan fingerprint density at radius 3 is 1.49 bits per heavy atom. The monoisotopic (exact) mass is 673 g/mol. The van der Waals surface area contributed by atoms with Crippen molar-refractivity contribution in [3.8, 4) is 0 Å². The summed E-state index contributed by atoms with van der Waals surface area (Å²) in [7, 11) is -10.8. The first-order valence-corrected chi connectivity index (χ1v) is 18.8. The van der Waals surface area contributed by atoms with Crippen molar-refractivity contribution in [2.75, 3.05) is 31.2 Å². The number of rotatable bonds is 22. The fourth-order valence-corrected chi connectivity index (χ4v) is 5.54. The molecule has 0 heterocycles. The van der Waals surface area contributed by atoms with Crippen molar-refractivity contribution in [3.63, 3.8) is 0 Å². The maximum Gasteiger partial charge on any atom is 0.296 e. The van der Waals surface area contributed by atoms with Gasteiger partial charge in [0.2, 0.25) is 11.8 Å². The normalized spacial score (nSPS) is 11.3. The Balaban J connectivity index is 0. The molecule has 0 aliphatic heterocycles. The Labute approximate surface area is 280 Å². The van der Waals surface area contributed by atoms with Crippen LogP contribution in [0.4, 0.5) is 0 Å². The van der Waals surface area contributed by atoms with Crippen LogP contribution in [0.15, 0.2) is 59.2 Å². The fourth-order valence-electron chi connectivity index (χ4n) is 3.40. The summed E-state index contributed by atoms with van der Waals surface area (Å²) in [5, 5.41) is 5.86. The summed E-state index contributed by atoms with van der Waals surface area (Å²) in [6.07, 6.45) is 12.3. The molecule has 1 aromatic carbocycles. The van der Waals surface area contributed by atoms with Crippen LogP contribution in [0, 0.1) is 0 Å². The number of unbranched alkanes of at least 4 members (excludes halogenated alkanes) is 9. The maximum atomic E-state index is 11.9. The van der Waals surface area contributed by atoms with Gasteiger partial charge in [-0.2, -0.15) is 8.42 Å². The summed E-state index contributed by atoms with van der Waals surface area (Å²) < 4.78 is 72.9. The van der Waals surface area contributed by atoms with Crippen LogP contribution in [0.2, 0.25) is 0 Å². The second-order valence-corrected chi connectivity index (χ2v) is 14.9. The van der Waals surface area contributed by atoms with Gasteiger partial charge in [-0.05, 0) is 18.6 Å². The molecule has 0 atom stereocenters. The Hall–Kier alpha value is -1.55. The van der Waals surface area contributed by atoms with E-state index in [1.807, 2.05) is 0 Å². The minimum Gasteiger partial charge on any atom is -0.353 e. The first-order chi connectivity index (χ1) is 19.8. The van der Waals surface area contributed by atoms with Crippen molar-refractivity contribution in [1.82, 2.24) is 10.6 Å². The quantitative estimate of drug-likeness (QED) is 0.107. The largest absolute Gasteiger partial charge is 0.353 e. The zero-order valence-electron chi connectivity index (χ0n) is 25.5. The Kier molecular flexibility index (Phi) is 25.1. The van der Waals surface area contributed by atoms with Crippen LogP contribution in [0.3, 0.4) is 0 Å². The van der Waals surface area contributed by atoms with Gasteiger partial charge in [-0.25, -0.2) is 16.8 Å². The van der Waals surface area contributed by atoms with Crippen molar-refractivity contribution in [2.45, 2.75) is 76.0 Å². The van der Waals surface area contributed by atoms with Gasteiger partial charge in [0, 0.05) is 53.5 Å². The summed E-state index contributed by atoms with van der Waals surface area (Å²) in [6.45, 7) is 8.59. The van der Waals surface area contributed by atoms with Gasteiger partial charge in [0.05, 0.1) is 11.5 Å². The van der Waals surface area contributed by atoms with Crippen LogP contribution in [-0.2, 0) is 43.6 Å². The summed E-state index contributed by atoms with van der Waals surface area (Å²) in [5.74, 6) is -2.93. The van der Waals surface area contributed by atoms with E-state index in [4.69, 9.17) is 4.18 Å². The molecule has 1 rings (SSSR count). The molecule has 241 valence electrons. The van der Waals surface area contributed by atoms with E-state index < -0.39 is 53.1 Å². The van der Waals surface area contributed by atoms with E-state index in [0.29, 0.717) is 10.8 Å². The number of amides is 2. The van der Waals surface area contributed by atoms with Crippen LogP contribution in [0.25, 0.3) is 0 Å². The molecule has 0 aliphatic rings. The average Bonchev–Trinajstić information content (AvgIpc) is 2.94. The van der Waals surface area contributed by atoms with Crippen molar-refractivity contribution in [2.24, 2.45) is 0 Å². The van der Waals surface area contributed by atoms with E-state index in [-0.39, 0.29) is 54.1 Å². The van der Waals surface area contributed by atoms with Crippen molar-refractivity contribution < 1.29 is 39.0 Å². The minimum atomic E-state index is -3.63. The van der Waals surface area contributed by atoms with Crippen LogP contribution in [0.5, 0.6) is 0 Å². The summed E-state index contributed by atoms with van der Waals surface area (Å²) in [4.78, 5) is 22.6. The summed E-state index contributed by atoms with van der Waals surface area (Å²) in [5.41, 5.74) is 0. The van der Waals surface area contributed by atoms with Gasteiger partial charge >= 0.3 is 0 Å². The second kappa shape index (κ2) is 24.7. The number of nitrogens with one attached hydrogen (secondary N) is 2. The number of benzene rings is 1. The molecule has 0 aliphatic carbocycles. The fraction of sp³-hybridized carbons (Fsp3) is 0.571. The molecule has 0 fully saturated rings. The number of hydrogen-bond donors (Lipinski definition) is 2. The molecule has 43 heavy (non-hydrogen) atoms. The third kappa shape index (κ3) is 24.5. The van der Waals surface area contributed by atoms with E-state index >= 15 is 0 Å². The molecule has 0 aromatic heterocycles. The van der Waals surface area contributed by atoms with Gasteiger partial charge in [0.1, 0.15) is 11.5 Å². The van der Waals surface area contributed by atoms with Gasteiger partial charge < -0.3 is 10.6 Å². The topological polar surface area (TPSA) is 170 Å². The van der Waals surface area contributed by atoms with E-state index in [0.717, 1.165) is 12.8 Å². The van der Waals surface area contributed by atoms with Gasteiger partial charge in [-0.15, -0.1) is 0 Å². The van der Waals surface area contributed by atoms with Crippen molar-refractivity contribution >= 4 is 71.2 Å². The van der Waals surface area contributed by atoms with E-state index in [1.54, 1.807) is 30.3 Å². The van der Waals surface area contributed by atoms with Gasteiger partial charge in [0.15, 0.2) is 19.7 Å². The molecule has 0 unspecified atom stereocenters. The second-order valence-electron chi connectivity index (χ2n) is 9.42. The van der Waals surface area contributed by atoms with Crippen LogP contribution >= 0.6 is 0 Å². The molecule has 0 saturated carbocycles. The molecule has 2 amide bonds. The molecule has 0 bridgehead atoms. The first kappa shape index (κ1) is 43.6. The molecule has 1 aromatic rings. The molecule has 1 radical (unpaired) electrons. The van der Waals surface area contributed by atoms with Crippen molar-refractivity contribution in [3.05, 3.63) is 54.3 Å². The molecule has 11 nitrogen and oxygen atoms in total. The third-order valence-electron chi connectivity index (χ3n) is 5.71. The molecule has 0 spiro atoms. The number of hydrogen-bond acceptors (Lipinski definition) is 9. The Morgan fingerprint density at radius 2 is 1.09 bits per heavy atom. The average molecular weight is 674 g/mol. The van der Waals surface area contributed by atoms with Gasteiger partial charge in [-0.1, -0.05) is 96.1 Å². The number of carbonyl (C=O) groups excluding carboxylic acids is 2. The van der Waals surface area contributed by atoms with E-state index in [1.165, 1.54) is 51.4 Å². The standard InChI is InChI=1S/C18H30O3S.C10H16N2O6S2.Na/c1-2-3-4-5-6-7-8-9-10-14-17-21-22(19,20)18-15-12-11-13-16-18;1-3-19(15,16)7-9(13)11-5-6-12-10(14)8-20(17,18)4-2;/h11-13,15-16H,2-10,14,17H2,1H3;3-4H,1-2,5-8H2,(H,11,13)(H,12,14);. The van der Waals surface area contributed by atoms with Gasteiger partial charge in [-0.3, -0.25) is 13.8 Å². The van der Waals surface area contributed by atoms with Crippen LogP contribution in [-0.4, -0.2) is 97.8 Å². The minimum absolute atomic E-state index is 0. The molecule has 0 saturated heterocycles. The SMILES string of the molecule is C=CS(=O)(=O)CC(=O)NCCNC(=O)CS(=O)(=O)C=C.CCCCCCCCCCCCOS(=O)(=O)c1ccccc1.[Na]. The smallest absolute Gasteiger partial charge is 0.296 e.